The molecule has 0 saturated heterocycles. The molecule has 0 unspecified atom stereocenters. The summed E-state index contributed by atoms with van der Waals surface area (Å²) in [5, 5.41) is 4.12. The Morgan fingerprint density at radius 2 is 1.82 bits per heavy atom. The molecule has 0 aliphatic heterocycles. The van der Waals surface area contributed by atoms with Gasteiger partial charge in [0.25, 0.3) is 0 Å². The van der Waals surface area contributed by atoms with E-state index in [-0.39, 0.29) is 6.61 Å². The Kier molecular flexibility index (Phi) is 6.81. The predicted molar refractivity (Wildman–Crippen MR) is 75.8 cm³/mol. The van der Waals surface area contributed by atoms with Crippen molar-refractivity contribution < 1.29 is 33.9 Å². The number of benzene rings is 1. The highest BCUT2D eigenvalue weighted by Crippen LogP contribution is 2.13. The quantitative estimate of drug-likeness (QED) is 0.435. The first-order chi connectivity index (χ1) is 10.4. The van der Waals surface area contributed by atoms with Gasteiger partial charge in [0.05, 0.1) is 22.8 Å². The summed E-state index contributed by atoms with van der Waals surface area (Å²) >= 11 is 0. The molecule has 0 amide bonds. The van der Waals surface area contributed by atoms with Gasteiger partial charge in [-0.05, 0) is 32.4 Å². The first kappa shape index (κ1) is 17.9. The molecule has 0 saturated carbocycles. The van der Waals surface area contributed by atoms with E-state index < -0.39 is 17.7 Å². The van der Waals surface area contributed by atoms with Crippen molar-refractivity contribution in [1.29, 1.82) is 0 Å². The van der Waals surface area contributed by atoms with Crippen LogP contribution in [0.15, 0.2) is 24.3 Å². The van der Waals surface area contributed by atoms with Crippen LogP contribution in [0, 0.1) is 6.92 Å². The number of hydrogen-bond donors (Lipinski definition) is 0. The van der Waals surface area contributed by atoms with Crippen LogP contribution < -0.4 is 0 Å². The minimum absolute atomic E-state index is 0.0781. The Balaban J connectivity index is 2.25. The largest absolute Gasteiger partial charge is 0.543 e. The monoisotopic (exact) mass is 312 g/mol. The summed E-state index contributed by atoms with van der Waals surface area (Å²) in [7, 11) is 1.56. The second-order valence-corrected chi connectivity index (χ2v) is 5.15. The summed E-state index contributed by atoms with van der Waals surface area (Å²) in [6.07, 6.45) is -0.633. The van der Waals surface area contributed by atoms with Gasteiger partial charge in [0.1, 0.15) is 0 Å². The van der Waals surface area contributed by atoms with Crippen LogP contribution in [0.4, 0.5) is 4.79 Å². The molecule has 1 rings (SSSR count). The molecule has 0 aromatic heterocycles. The van der Waals surface area contributed by atoms with Crippen molar-refractivity contribution in [3.05, 3.63) is 35.4 Å². The number of hydrogen-bond acceptors (Lipinski definition) is 7. The molecule has 0 radical (unpaired) electrons. The molecule has 0 spiro atoms. The maximum Gasteiger partial charge on any atom is 0.543 e. The van der Waals surface area contributed by atoms with Crippen LogP contribution in [0.5, 0.6) is 0 Å². The molecule has 122 valence electrons. The van der Waals surface area contributed by atoms with E-state index in [1.165, 1.54) is 0 Å². The van der Waals surface area contributed by atoms with Crippen molar-refractivity contribution in [1.82, 2.24) is 0 Å². The Morgan fingerprint density at radius 3 is 2.45 bits per heavy atom. The van der Waals surface area contributed by atoms with Crippen molar-refractivity contribution in [2.45, 2.75) is 32.8 Å². The van der Waals surface area contributed by atoms with E-state index in [0.717, 1.165) is 0 Å². The van der Waals surface area contributed by atoms with Crippen molar-refractivity contribution in [3.8, 4) is 0 Å². The van der Waals surface area contributed by atoms with Gasteiger partial charge in [-0.25, -0.2) is 14.5 Å². The van der Waals surface area contributed by atoms with Crippen LogP contribution in [0.25, 0.3) is 0 Å². The minimum Gasteiger partial charge on any atom is -0.432 e. The Morgan fingerprint density at radius 1 is 1.14 bits per heavy atom. The zero-order chi connectivity index (χ0) is 16.6. The van der Waals surface area contributed by atoms with Gasteiger partial charge < -0.3 is 9.47 Å². The maximum absolute atomic E-state index is 11.6. The lowest BCUT2D eigenvalue weighted by atomic mass is 10.1. The van der Waals surface area contributed by atoms with Crippen molar-refractivity contribution in [2.24, 2.45) is 0 Å². The number of aryl methyl sites for hydroxylation is 1. The molecule has 22 heavy (non-hydrogen) atoms. The summed E-state index contributed by atoms with van der Waals surface area (Å²) in [6.45, 7) is 5.52. The molecule has 1 aromatic rings. The van der Waals surface area contributed by atoms with Crippen LogP contribution >= 0.6 is 0 Å². The lowest BCUT2D eigenvalue weighted by Gasteiger charge is -2.21. The third kappa shape index (κ3) is 6.11. The third-order valence-corrected chi connectivity index (χ3v) is 3.05. The van der Waals surface area contributed by atoms with Gasteiger partial charge in [-0.3, -0.25) is 4.89 Å². The zero-order valence-electron chi connectivity index (χ0n) is 13.1. The second kappa shape index (κ2) is 8.35. The normalized spacial score (nSPS) is 10.9. The number of methoxy groups -OCH3 is 1. The summed E-state index contributed by atoms with van der Waals surface area (Å²) in [5.41, 5.74) is 0.597. The molecule has 0 aliphatic carbocycles. The molecule has 1 aromatic carbocycles. The van der Waals surface area contributed by atoms with Gasteiger partial charge in [-0.2, -0.15) is 0 Å². The van der Waals surface area contributed by atoms with Crippen LogP contribution in [-0.2, 0) is 24.3 Å². The fourth-order valence-electron chi connectivity index (χ4n) is 1.43. The smallest absolute Gasteiger partial charge is 0.432 e. The third-order valence-electron chi connectivity index (χ3n) is 3.05. The van der Waals surface area contributed by atoms with Gasteiger partial charge in [-0.1, -0.05) is 18.2 Å². The molecule has 0 N–H and O–H groups in total. The lowest BCUT2D eigenvalue weighted by molar-refractivity contribution is -0.452. The Labute approximate surface area is 128 Å². The lowest BCUT2D eigenvalue weighted by Crippen LogP contribution is -2.25. The number of ether oxygens (including phenoxy) is 2. The standard InChI is InChI=1S/C15H20O7/c1-11-7-5-6-8-12(11)13(16)20-22-21-14(17)19-10-9-15(2,3)18-4/h5-8H,9-10H2,1-4H3. The van der Waals surface area contributed by atoms with Crippen LogP contribution in [0.1, 0.15) is 36.2 Å². The number of carbonyl (C=O) groups excluding carboxylic acids is 2. The topological polar surface area (TPSA) is 80.3 Å². The van der Waals surface area contributed by atoms with Crippen LogP contribution in [0.3, 0.4) is 0 Å². The Hall–Kier alpha value is -2.12. The SMILES string of the molecule is COC(C)(C)CCOC(=O)OOOC(=O)c1ccccc1C. The molecule has 0 fully saturated rings. The second-order valence-electron chi connectivity index (χ2n) is 5.15. The van der Waals surface area contributed by atoms with E-state index >= 15 is 0 Å². The first-order valence-electron chi connectivity index (χ1n) is 6.69. The average molecular weight is 312 g/mol. The minimum atomic E-state index is -1.11. The van der Waals surface area contributed by atoms with E-state index in [0.29, 0.717) is 17.5 Å². The van der Waals surface area contributed by atoms with E-state index in [1.54, 1.807) is 38.3 Å². The first-order valence-corrected chi connectivity index (χ1v) is 6.69. The average Bonchev–Trinajstić information content (AvgIpc) is 2.47. The van der Waals surface area contributed by atoms with Crippen LogP contribution in [0.2, 0.25) is 0 Å². The summed E-state index contributed by atoms with van der Waals surface area (Å²) < 4.78 is 9.89. The van der Waals surface area contributed by atoms with Gasteiger partial charge in [0.15, 0.2) is 0 Å². The summed E-state index contributed by atoms with van der Waals surface area (Å²) in [4.78, 5) is 31.4. The van der Waals surface area contributed by atoms with E-state index in [4.69, 9.17) is 9.47 Å². The van der Waals surface area contributed by atoms with Gasteiger partial charge >= 0.3 is 12.1 Å². The Bertz CT molecular complexity index is 510. The molecule has 0 aliphatic rings. The highest BCUT2D eigenvalue weighted by Gasteiger charge is 2.18. The molecule has 0 heterocycles. The van der Waals surface area contributed by atoms with E-state index in [2.05, 4.69) is 14.8 Å². The summed E-state index contributed by atoms with van der Waals surface area (Å²) in [5.74, 6) is -0.772. The molecular formula is C15H20O7. The summed E-state index contributed by atoms with van der Waals surface area (Å²) in [6, 6.07) is 6.76. The number of carbonyl (C=O) groups is 2. The maximum atomic E-state index is 11.6. The fourth-order valence-corrected chi connectivity index (χ4v) is 1.43. The molecular weight excluding hydrogens is 292 g/mol. The van der Waals surface area contributed by atoms with Crippen LogP contribution in [-0.4, -0.2) is 31.4 Å². The fraction of sp³-hybridized carbons (Fsp3) is 0.467. The van der Waals surface area contributed by atoms with Crippen molar-refractivity contribution >= 4 is 12.1 Å². The molecule has 0 bridgehead atoms. The highest BCUT2D eigenvalue weighted by atomic mass is 17.5. The number of rotatable bonds is 7. The van der Waals surface area contributed by atoms with Crippen molar-refractivity contribution in [3.63, 3.8) is 0 Å². The molecule has 0 atom stereocenters. The van der Waals surface area contributed by atoms with Gasteiger partial charge in [-0.15, -0.1) is 0 Å². The van der Waals surface area contributed by atoms with Crippen molar-refractivity contribution in [2.75, 3.05) is 13.7 Å². The van der Waals surface area contributed by atoms with E-state index in [9.17, 15) is 9.59 Å². The zero-order valence-corrected chi connectivity index (χ0v) is 13.1. The predicted octanol–water partition coefficient (Wildman–Crippen LogP) is 2.97. The molecule has 7 nitrogen and oxygen atoms in total. The molecule has 7 heteroatoms. The highest BCUT2D eigenvalue weighted by molar-refractivity contribution is 5.90. The van der Waals surface area contributed by atoms with E-state index in [1.807, 2.05) is 13.8 Å². The van der Waals surface area contributed by atoms with Gasteiger partial charge in [0, 0.05) is 13.5 Å². The van der Waals surface area contributed by atoms with Gasteiger partial charge in [0.2, 0.25) is 0 Å².